The number of aliphatic hydroxyl groups excluding tert-OH is 2. The van der Waals surface area contributed by atoms with Crippen LogP contribution in [0.3, 0.4) is 0 Å². The summed E-state index contributed by atoms with van der Waals surface area (Å²) >= 11 is 0. The van der Waals surface area contributed by atoms with Crippen molar-refractivity contribution in [2.75, 3.05) is 6.61 Å². The van der Waals surface area contributed by atoms with E-state index in [1.165, 1.54) is 70.6 Å². The topological polar surface area (TPSA) is 95.9 Å². The van der Waals surface area contributed by atoms with Crippen LogP contribution in [0.4, 0.5) is 0 Å². The lowest BCUT2D eigenvalue weighted by Gasteiger charge is -2.24. The number of allylic oxidation sites excluding steroid dienone is 10. The molecule has 0 bridgehead atoms. The number of amides is 1. The van der Waals surface area contributed by atoms with Crippen molar-refractivity contribution < 1.29 is 24.5 Å². The van der Waals surface area contributed by atoms with E-state index in [-0.39, 0.29) is 24.9 Å². The van der Waals surface area contributed by atoms with Crippen LogP contribution in [0.1, 0.15) is 188 Å². The van der Waals surface area contributed by atoms with Crippen LogP contribution < -0.4 is 5.32 Å². The maximum absolute atomic E-state index is 13.0. The van der Waals surface area contributed by atoms with Crippen LogP contribution in [0.15, 0.2) is 60.8 Å². The van der Waals surface area contributed by atoms with Crippen LogP contribution in [0, 0.1) is 0 Å². The molecule has 0 aromatic rings. The largest absolute Gasteiger partial charge is 0.462 e. The highest BCUT2D eigenvalue weighted by atomic mass is 16.5. The second kappa shape index (κ2) is 38.8. The molecule has 0 saturated carbocycles. The number of aliphatic hydroxyl groups is 2. The Morgan fingerprint density at radius 1 is 0.588 bits per heavy atom. The summed E-state index contributed by atoms with van der Waals surface area (Å²) in [5.74, 6) is -0.562. The van der Waals surface area contributed by atoms with Crippen molar-refractivity contribution in [1.82, 2.24) is 5.32 Å². The molecule has 0 aromatic carbocycles. The fourth-order valence-corrected chi connectivity index (χ4v) is 5.98. The maximum atomic E-state index is 13.0. The van der Waals surface area contributed by atoms with Crippen molar-refractivity contribution in [2.45, 2.75) is 206 Å². The van der Waals surface area contributed by atoms with Crippen molar-refractivity contribution in [3.05, 3.63) is 60.8 Å². The van der Waals surface area contributed by atoms with E-state index in [1.807, 2.05) is 36.5 Å². The Morgan fingerprint density at radius 2 is 1.14 bits per heavy atom. The molecule has 6 nitrogen and oxygen atoms in total. The average Bonchev–Trinajstić information content (AvgIpc) is 3.12. The second-order valence-electron chi connectivity index (χ2n) is 14.1. The van der Waals surface area contributed by atoms with E-state index < -0.39 is 18.2 Å². The zero-order valence-electron chi connectivity index (χ0n) is 33.2. The van der Waals surface area contributed by atoms with E-state index >= 15 is 0 Å². The molecule has 3 N–H and O–H groups in total. The molecule has 294 valence electrons. The van der Waals surface area contributed by atoms with Gasteiger partial charge in [-0.25, -0.2) is 0 Å². The minimum absolute atomic E-state index is 0.0264. The predicted molar refractivity (Wildman–Crippen MR) is 218 cm³/mol. The van der Waals surface area contributed by atoms with E-state index in [9.17, 15) is 19.8 Å². The highest BCUT2D eigenvalue weighted by Crippen LogP contribution is 2.16. The molecule has 0 heterocycles. The Labute approximate surface area is 314 Å². The summed E-state index contributed by atoms with van der Waals surface area (Å²) in [7, 11) is 0. The van der Waals surface area contributed by atoms with Crippen molar-refractivity contribution in [2.24, 2.45) is 0 Å². The molecule has 51 heavy (non-hydrogen) atoms. The van der Waals surface area contributed by atoms with Crippen molar-refractivity contribution in [3.63, 3.8) is 0 Å². The molecule has 0 spiro atoms. The van der Waals surface area contributed by atoms with E-state index in [0.29, 0.717) is 19.3 Å². The molecular weight excluding hydrogens is 634 g/mol. The summed E-state index contributed by atoms with van der Waals surface area (Å²) in [5, 5.41) is 23.5. The number of hydrogen-bond donors (Lipinski definition) is 3. The fraction of sp³-hybridized carbons (Fsp3) is 0.733. The van der Waals surface area contributed by atoms with Gasteiger partial charge in [0.25, 0.3) is 0 Å². The van der Waals surface area contributed by atoms with Gasteiger partial charge in [-0.05, 0) is 57.8 Å². The Balaban J connectivity index is 4.72. The van der Waals surface area contributed by atoms with Gasteiger partial charge in [0.1, 0.15) is 6.10 Å². The monoisotopic (exact) mass is 714 g/mol. The van der Waals surface area contributed by atoms with E-state index in [0.717, 1.165) is 70.6 Å². The number of esters is 1. The van der Waals surface area contributed by atoms with Gasteiger partial charge in [0, 0.05) is 6.42 Å². The standard InChI is InChI=1S/C45H79NO5/c1-4-7-10-13-16-19-22-24-27-30-33-36-41(51-45(50)38-35-32-29-26-21-18-15-12-9-6-3)39-44(49)46-42(40-47)43(48)37-34-31-28-25-23-20-17-14-11-8-5-2/h7,10,12-13,15-16,19,22,24,27,41-43,47-48H,4-6,8-9,11,14,17-18,20-21,23,25-26,28-40H2,1-3H3,(H,46,49)/b10-7+,15-12-,16-13+,22-19-,27-24-. The SMILES string of the molecule is CC/C=C/C=C/C=C\C=C/CCCC(CC(=O)NC(CO)C(O)CCCCCCCCCCCCC)OC(=O)CCCCCCC/C=C\CCC. The molecule has 3 atom stereocenters. The van der Waals surface area contributed by atoms with Gasteiger partial charge in [-0.2, -0.15) is 0 Å². The first-order valence-corrected chi connectivity index (χ1v) is 21.1. The van der Waals surface area contributed by atoms with Gasteiger partial charge in [0.2, 0.25) is 5.91 Å². The van der Waals surface area contributed by atoms with Gasteiger partial charge in [-0.1, -0.05) is 178 Å². The number of carbonyl (C=O) groups excluding carboxylic acids is 2. The van der Waals surface area contributed by atoms with Gasteiger partial charge in [-0.3, -0.25) is 9.59 Å². The first-order valence-electron chi connectivity index (χ1n) is 21.1. The van der Waals surface area contributed by atoms with Crippen LogP contribution in [0.5, 0.6) is 0 Å². The molecule has 0 aliphatic heterocycles. The van der Waals surface area contributed by atoms with Crippen LogP contribution in [-0.2, 0) is 14.3 Å². The van der Waals surface area contributed by atoms with Gasteiger partial charge in [0.05, 0.1) is 25.2 Å². The molecule has 0 saturated heterocycles. The molecule has 0 rings (SSSR count). The third-order valence-electron chi connectivity index (χ3n) is 9.16. The molecular formula is C45H79NO5. The molecule has 0 aliphatic carbocycles. The quantitative estimate of drug-likeness (QED) is 0.0260. The summed E-state index contributed by atoms with van der Waals surface area (Å²) in [6.45, 7) is 6.22. The summed E-state index contributed by atoms with van der Waals surface area (Å²) in [4.78, 5) is 25.8. The molecule has 0 fully saturated rings. The average molecular weight is 714 g/mol. The van der Waals surface area contributed by atoms with E-state index in [1.54, 1.807) is 0 Å². The normalized spacial score (nSPS) is 14.1. The first-order chi connectivity index (χ1) is 25.0. The van der Waals surface area contributed by atoms with Crippen LogP contribution in [0.25, 0.3) is 0 Å². The minimum Gasteiger partial charge on any atom is -0.462 e. The third kappa shape index (κ3) is 34.4. The molecule has 0 aromatic heterocycles. The number of carbonyl (C=O) groups is 2. The Bertz CT molecular complexity index is 937. The third-order valence-corrected chi connectivity index (χ3v) is 9.16. The summed E-state index contributed by atoms with van der Waals surface area (Å²) in [6.07, 6.45) is 45.7. The smallest absolute Gasteiger partial charge is 0.306 e. The van der Waals surface area contributed by atoms with E-state index in [4.69, 9.17) is 4.74 Å². The maximum Gasteiger partial charge on any atom is 0.306 e. The number of unbranched alkanes of at least 4 members (excludes halogenated alkanes) is 17. The molecule has 3 unspecified atom stereocenters. The lowest BCUT2D eigenvalue weighted by molar-refractivity contribution is -0.151. The second-order valence-corrected chi connectivity index (χ2v) is 14.1. The zero-order chi connectivity index (χ0) is 37.5. The predicted octanol–water partition coefficient (Wildman–Crippen LogP) is 11.7. The van der Waals surface area contributed by atoms with Crippen LogP contribution in [-0.4, -0.2) is 46.9 Å². The fourth-order valence-electron chi connectivity index (χ4n) is 5.98. The van der Waals surface area contributed by atoms with Gasteiger partial charge >= 0.3 is 5.97 Å². The Kier molecular flexibility index (Phi) is 36.9. The lowest BCUT2D eigenvalue weighted by Crippen LogP contribution is -2.46. The summed E-state index contributed by atoms with van der Waals surface area (Å²) < 4.78 is 5.83. The highest BCUT2D eigenvalue weighted by molar-refractivity contribution is 5.77. The Morgan fingerprint density at radius 3 is 1.76 bits per heavy atom. The Hall–Kier alpha value is -2.44. The zero-order valence-corrected chi connectivity index (χ0v) is 33.2. The lowest BCUT2D eigenvalue weighted by atomic mass is 10.0. The molecule has 0 radical (unpaired) electrons. The van der Waals surface area contributed by atoms with Gasteiger partial charge in [-0.15, -0.1) is 0 Å². The van der Waals surface area contributed by atoms with Crippen molar-refractivity contribution in [1.29, 1.82) is 0 Å². The highest BCUT2D eigenvalue weighted by Gasteiger charge is 2.23. The van der Waals surface area contributed by atoms with Crippen molar-refractivity contribution in [3.8, 4) is 0 Å². The number of nitrogens with one attached hydrogen (secondary N) is 1. The number of hydrogen-bond acceptors (Lipinski definition) is 5. The molecule has 6 heteroatoms. The van der Waals surface area contributed by atoms with Crippen LogP contribution in [0.2, 0.25) is 0 Å². The molecule has 0 aliphatic rings. The first kappa shape index (κ1) is 48.6. The number of ether oxygens (including phenoxy) is 1. The number of rotatable bonds is 36. The van der Waals surface area contributed by atoms with Gasteiger partial charge < -0.3 is 20.3 Å². The van der Waals surface area contributed by atoms with E-state index in [2.05, 4.69) is 50.4 Å². The van der Waals surface area contributed by atoms with Crippen LogP contribution >= 0.6 is 0 Å². The van der Waals surface area contributed by atoms with Crippen molar-refractivity contribution >= 4 is 11.9 Å². The summed E-state index contributed by atoms with van der Waals surface area (Å²) in [6, 6.07) is -0.722. The minimum atomic E-state index is -0.804. The molecule has 1 amide bonds. The summed E-state index contributed by atoms with van der Waals surface area (Å²) in [5.41, 5.74) is 0. The van der Waals surface area contributed by atoms with Gasteiger partial charge in [0.15, 0.2) is 0 Å².